The van der Waals surface area contributed by atoms with E-state index in [-0.39, 0.29) is 5.97 Å². The topological polar surface area (TPSA) is 58.6 Å². The largest absolute Gasteiger partial charge is 0.466 e. The predicted molar refractivity (Wildman–Crippen MR) is 113 cm³/mol. The summed E-state index contributed by atoms with van der Waals surface area (Å²) in [4.78, 5) is 25.5. The van der Waals surface area contributed by atoms with Gasteiger partial charge in [0, 0.05) is 37.1 Å². The van der Waals surface area contributed by atoms with Gasteiger partial charge in [-0.25, -0.2) is 14.8 Å². The van der Waals surface area contributed by atoms with E-state index in [4.69, 9.17) is 9.72 Å². The van der Waals surface area contributed by atoms with Gasteiger partial charge in [-0.2, -0.15) is 0 Å². The van der Waals surface area contributed by atoms with E-state index in [0.717, 1.165) is 67.3 Å². The summed E-state index contributed by atoms with van der Waals surface area (Å²) in [5, 5.41) is 0. The second kappa shape index (κ2) is 9.35. The maximum Gasteiger partial charge on any atom is 0.330 e. The summed E-state index contributed by atoms with van der Waals surface area (Å²) in [6.07, 6.45) is 11.2. The van der Waals surface area contributed by atoms with Crippen molar-refractivity contribution in [1.82, 2.24) is 9.97 Å². The highest BCUT2D eigenvalue weighted by molar-refractivity contribution is 5.96. The van der Waals surface area contributed by atoms with Gasteiger partial charge in [-0.15, -0.1) is 0 Å². The summed E-state index contributed by atoms with van der Waals surface area (Å²) in [6.45, 7) is 6.09. The molecule has 0 bridgehead atoms. The van der Waals surface area contributed by atoms with Crippen LogP contribution in [0.1, 0.15) is 45.1 Å². The van der Waals surface area contributed by atoms with Gasteiger partial charge in [0.15, 0.2) is 11.6 Å². The van der Waals surface area contributed by atoms with Crippen molar-refractivity contribution in [3.05, 3.63) is 42.2 Å². The van der Waals surface area contributed by atoms with Gasteiger partial charge in [0.2, 0.25) is 0 Å². The number of hydrogen-bond acceptors (Lipinski definition) is 6. The molecule has 0 spiro atoms. The molecule has 0 aliphatic carbocycles. The van der Waals surface area contributed by atoms with Gasteiger partial charge in [-0.1, -0.05) is 26.7 Å². The molecule has 3 rings (SSSR count). The molecule has 0 unspecified atom stereocenters. The molecule has 1 aliphatic rings. The van der Waals surface area contributed by atoms with E-state index in [0.29, 0.717) is 0 Å². The van der Waals surface area contributed by atoms with Crippen LogP contribution in [-0.2, 0) is 9.53 Å². The zero-order valence-corrected chi connectivity index (χ0v) is 16.9. The molecule has 2 aromatic heterocycles. The molecule has 6 nitrogen and oxygen atoms in total. The molecule has 2 aromatic rings. The first kappa shape index (κ1) is 19.9. The van der Waals surface area contributed by atoms with E-state index < -0.39 is 0 Å². The number of unbranched alkanes of at least 4 members (excludes halogenated alkanes) is 2. The molecule has 3 heterocycles. The fourth-order valence-electron chi connectivity index (χ4n) is 3.40. The number of esters is 1. The van der Waals surface area contributed by atoms with Crippen LogP contribution in [0.15, 0.2) is 36.7 Å². The van der Waals surface area contributed by atoms with E-state index in [2.05, 4.69) is 34.7 Å². The number of ether oxygens (including phenoxy) is 1. The number of anilines is 4. The molecule has 0 saturated heterocycles. The fourth-order valence-corrected chi connectivity index (χ4v) is 3.40. The Bertz CT molecular complexity index is 850. The Morgan fingerprint density at radius 2 is 1.75 bits per heavy atom. The monoisotopic (exact) mass is 380 g/mol. The predicted octanol–water partition coefficient (Wildman–Crippen LogP) is 4.85. The van der Waals surface area contributed by atoms with E-state index in [1.807, 2.05) is 24.4 Å². The van der Waals surface area contributed by atoms with Crippen LogP contribution in [0.5, 0.6) is 0 Å². The summed E-state index contributed by atoms with van der Waals surface area (Å²) >= 11 is 0. The van der Waals surface area contributed by atoms with Crippen molar-refractivity contribution >= 4 is 35.1 Å². The van der Waals surface area contributed by atoms with Crippen molar-refractivity contribution in [1.29, 1.82) is 0 Å². The molecule has 0 saturated carbocycles. The first-order chi connectivity index (χ1) is 13.7. The van der Waals surface area contributed by atoms with E-state index in [1.54, 1.807) is 6.20 Å². The minimum atomic E-state index is -0.369. The Morgan fingerprint density at radius 1 is 1.04 bits per heavy atom. The van der Waals surface area contributed by atoms with Crippen LogP contribution in [0, 0.1) is 0 Å². The first-order valence-electron chi connectivity index (χ1n) is 9.96. The van der Waals surface area contributed by atoms with Gasteiger partial charge in [0.05, 0.1) is 18.5 Å². The molecule has 6 heteroatoms. The van der Waals surface area contributed by atoms with Crippen molar-refractivity contribution < 1.29 is 9.53 Å². The molecular formula is C22H28N4O2. The molecule has 0 N–H and O–H groups in total. The first-order valence-corrected chi connectivity index (χ1v) is 9.96. The lowest BCUT2D eigenvalue weighted by molar-refractivity contribution is -0.134. The Kier molecular flexibility index (Phi) is 6.63. The maximum absolute atomic E-state index is 11.7. The highest BCUT2D eigenvalue weighted by atomic mass is 16.5. The fraction of sp³-hybridized carbons (Fsp3) is 0.409. The van der Waals surface area contributed by atoms with Crippen molar-refractivity contribution in [3.8, 4) is 0 Å². The van der Waals surface area contributed by atoms with Gasteiger partial charge >= 0.3 is 5.97 Å². The Labute approximate surface area is 166 Å². The van der Waals surface area contributed by atoms with E-state index in [9.17, 15) is 4.79 Å². The lowest BCUT2D eigenvalue weighted by atomic mass is 10.1. The Balaban J connectivity index is 2.15. The minimum absolute atomic E-state index is 0.369. The molecule has 0 fully saturated rings. The summed E-state index contributed by atoms with van der Waals surface area (Å²) in [7, 11) is 1.39. The normalized spacial score (nSPS) is 12.8. The van der Waals surface area contributed by atoms with Gasteiger partial charge in [-0.3, -0.25) is 0 Å². The van der Waals surface area contributed by atoms with E-state index >= 15 is 0 Å². The maximum atomic E-state index is 11.7. The number of aromatic nitrogens is 2. The van der Waals surface area contributed by atoms with Crippen LogP contribution in [0.3, 0.4) is 0 Å². The average molecular weight is 380 g/mol. The molecular weight excluding hydrogens is 352 g/mol. The smallest absolute Gasteiger partial charge is 0.330 e. The zero-order chi connectivity index (χ0) is 19.9. The minimum Gasteiger partial charge on any atom is -0.466 e. The average Bonchev–Trinajstić information content (AvgIpc) is 2.74. The van der Waals surface area contributed by atoms with Gasteiger partial charge < -0.3 is 14.5 Å². The van der Waals surface area contributed by atoms with Crippen molar-refractivity contribution in [2.45, 2.75) is 39.5 Å². The van der Waals surface area contributed by atoms with Crippen LogP contribution in [0.4, 0.5) is 23.0 Å². The number of carbonyl (C=O) groups is 1. The highest BCUT2D eigenvalue weighted by Crippen LogP contribution is 2.47. The Morgan fingerprint density at radius 3 is 2.46 bits per heavy atom. The third kappa shape index (κ3) is 4.01. The molecule has 28 heavy (non-hydrogen) atoms. The molecule has 0 amide bonds. The number of hydrogen-bond donors (Lipinski definition) is 0. The molecule has 1 aliphatic heterocycles. The van der Waals surface area contributed by atoms with Crippen molar-refractivity contribution in [3.63, 3.8) is 0 Å². The summed E-state index contributed by atoms with van der Waals surface area (Å²) in [6, 6.07) is 6.03. The molecule has 0 atom stereocenters. The number of methoxy groups -OCH3 is 1. The second-order valence-electron chi connectivity index (χ2n) is 6.79. The van der Waals surface area contributed by atoms with Gasteiger partial charge in [0.25, 0.3) is 0 Å². The standard InChI is InChI=1S/C22H28N4O2/c1-4-6-15-25-18-9-8-13-23-21(18)26(16-7-5-2)22-20(25)17(12-14-24-22)10-11-19(27)28-3/h8-14H,4-7,15-16H2,1-3H3/b11-10+. The number of nitrogens with zero attached hydrogens (tertiary/aromatic N) is 4. The van der Waals surface area contributed by atoms with Crippen molar-refractivity contribution in [2.75, 3.05) is 30.0 Å². The van der Waals surface area contributed by atoms with Crippen LogP contribution in [0.2, 0.25) is 0 Å². The molecule has 148 valence electrons. The van der Waals surface area contributed by atoms with Gasteiger partial charge in [-0.05, 0) is 37.1 Å². The van der Waals surface area contributed by atoms with Crippen LogP contribution >= 0.6 is 0 Å². The number of rotatable bonds is 8. The molecule has 0 aromatic carbocycles. The lowest BCUT2D eigenvalue weighted by Gasteiger charge is -2.39. The summed E-state index contributed by atoms with van der Waals surface area (Å²) in [5.74, 6) is 1.47. The quantitative estimate of drug-likeness (QED) is 0.482. The summed E-state index contributed by atoms with van der Waals surface area (Å²) in [5.41, 5.74) is 3.05. The number of fused-ring (bicyclic) bond motifs is 2. The SMILES string of the molecule is CCCCN1c2ncccc2N(CCCC)c2c(/C=C/C(=O)OC)ccnc21. The van der Waals surface area contributed by atoms with Crippen LogP contribution < -0.4 is 9.80 Å². The lowest BCUT2D eigenvalue weighted by Crippen LogP contribution is -2.33. The number of carbonyl (C=O) groups excluding carboxylic acids is 1. The number of pyridine rings is 2. The summed E-state index contributed by atoms with van der Waals surface area (Å²) < 4.78 is 4.76. The second-order valence-corrected chi connectivity index (χ2v) is 6.79. The van der Waals surface area contributed by atoms with Gasteiger partial charge in [0.1, 0.15) is 0 Å². The van der Waals surface area contributed by atoms with Crippen LogP contribution in [0.25, 0.3) is 6.08 Å². The third-order valence-electron chi connectivity index (χ3n) is 4.84. The van der Waals surface area contributed by atoms with Crippen LogP contribution in [-0.4, -0.2) is 36.1 Å². The van der Waals surface area contributed by atoms with Crippen molar-refractivity contribution in [2.24, 2.45) is 0 Å². The zero-order valence-electron chi connectivity index (χ0n) is 16.9. The Hall–Kier alpha value is -2.89. The van der Waals surface area contributed by atoms with E-state index in [1.165, 1.54) is 13.2 Å². The highest BCUT2D eigenvalue weighted by Gasteiger charge is 2.31. The molecule has 0 radical (unpaired) electrons. The third-order valence-corrected chi connectivity index (χ3v) is 4.84.